The van der Waals surface area contributed by atoms with Crippen LogP contribution < -0.4 is 0 Å². The Morgan fingerprint density at radius 2 is 1.95 bits per heavy atom. The molecule has 104 valence electrons. The van der Waals surface area contributed by atoms with Gasteiger partial charge >= 0.3 is 0 Å². The van der Waals surface area contributed by atoms with Crippen molar-refractivity contribution in [1.29, 1.82) is 0 Å². The molecule has 2 rings (SSSR count). The van der Waals surface area contributed by atoms with Gasteiger partial charge in [-0.05, 0) is 44.5 Å². The maximum Gasteiger partial charge on any atom is 0.236 e. The minimum Gasteiger partial charge on any atom is -0.342 e. The first-order valence-electron chi connectivity index (χ1n) is 6.75. The summed E-state index contributed by atoms with van der Waals surface area (Å²) in [5.74, 6) is 0.280. The number of hydrogen-bond donors (Lipinski definition) is 0. The summed E-state index contributed by atoms with van der Waals surface area (Å²) >= 11 is 0. The number of amides is 1. The van der Waals surface area contributed by atoms with Gasteiger partial charge in [0.25, 0.3) is 0 Å². The summed E-state index contributed by atoms with van der Waals surface area (Å²) in [5.41, 5.74) is 0.794. The zero-order chi connectivity index (χ0) is 13.8. The predicted octanol–water partition coefficient (Wildman–Crippen LogP) is 2.09. The van der Waals surface area contributed by atoms with Gasteiger partial charge in [-0.15, -0.1) is 0 Å². The standard InChI is InChI=1S/C15H21FN2O/c1-17(2)11-15(19)18-9-7-12(8-10-18)13-5-3-4-6-14(13)16/h3-6,12H,7-11H2,1-2H3. The van der Waals surface area contributed by atoms with Gasteiger partial charge in [-0.2, -0.15) is 0 Å². The molecular formula is C15H21FN2O. The van der Waals surface area contributed by atoms with Crippen molar-refractivity contribution in [3.8, 4) is 0 Å². The average molecular weight is 264 g/mol. The number of rotatable bonds is 3. The Hall–Kier alpha value is -1.42. The van der Waals surface area contributed by atoms with Crippen molar-refractivity contribution in [3.63, 3.8) is 0 Å². The van der Waals surface area contributed by atoms with Gasteiger partial charge < -0.3 is 9.80 Å². The molecule has 0 aromatic heterocycles. The van der Waals surface area contributed by atoms with Crippen molar-refractivity contribution in [2.24, 2.45) is 0 Å². The van der Waals surface area contributed by atoms with Crippen LogP contribution in [0.15, 0.2) is 24.3 Å². The number of nitrogens with zero attached hydrogens (tertiary/aromatic N) is 2. The second-order valence-corrected chi connectivity index (χ2v) is 5.41. The Kier molecular flexibility index (Phi) is 4.53. The van der Waals surface area contributed by atoms with Gasteiger partial charge in [0.15, 0.2) is 0 Å². The number of halogens is 1. The molecule has 1 aromatic rings. The Balaban J connectivity index is 1.93. The number of benzene rings is 1. The predicted molar refractivity (Wildman–Crippen MR) is 73.5 cm³/mol. The maximum absolute atomic E-state index is 13.7. The highest BCUT2D eigenvalue weighted by atomic mass is 19.1. The van der Waals surface area contributed by atoms with Gasteiger partial charge in [0.05, 0.1) is 6.54 Å². The normalized spacial score (nSPS) is 16.9. The Morgan fingerprint density at radius 1 is 1.32 bits per heavy atom. The van der Waals surface area contributed by atoms with E-state index in [-0.39, 0.29) is 17.6 Å². The number of likely N-dealkylation sites (tertiary alicyclic amines) is 1. The Labute approximate surface area is 114 Å². The summed E-state index contributed by atoms with van der Waals surface area (Å²) in [6, 6.07) is 6.97. The van der Waals surface area contributed by atoms with Crippen LogP contribution in [-0.2, 0) is 4.79 Å². The molecule has 0 atom stereocenters. The summed E-state index contributed by atoms with van der Waals surface area (Å²) < 4.78 is 13.7. The van der Waals surface area contributed by atoms with Gasteiger partial charge in [0, 0.05) is 13.1 Å². The van der Waals surface area contributed by atoms with E-state index in [2.05, 4.69) is 0 Å². The minimum absolute atomic E-state index is 0.124. The molecule has 0 saturated carbocycles. The summed E-state index contributed by atoms with van der Waals surface area (Å²) in [7, 11) is 3.79. The summed E-state index contributed by atoms with van der Waals surface area (Å²) in [4.78, 5) is 15.7. The SMILES string of the molecule is CN(C)CC(=O)N1CCC(c2ccccc2F)CC1. The van der Waals surface area contributed by atoms with Crippen LogP contribution in [-0.4, -0.2) is 49.4 Å². The smallest absolute Gasteiger partial charge is 0.236 e. The molecule has 0 radical (unpaired) electrons. The third-order valence-electron chi connectivity index (χ3n) is 3.64. The number of carbonyl (C=O) groups is 1. The van der Waals surface area contributed by atoms with E-state index in [1.165, 1.54) is 6.07 Å². The van der Waals surface area contributed by atoms with E-state index in [4.69, 9.17) is 0 Å². The van der Waals surface area contributed by atoms with Gasteiger partial charge in [0.1, 0.15) is 5.82 Å². The average Bonchev–Trinajstić information content (AvgIpc) is 2.39. The minimum atomic E-state index is -0.124. The Morgan fingerprint density at radius 3 is 2.53 bits per heavy atom. The number of piperidine rings is 1. The van der Waals surface area contributed by atoms with E-state index in [1.807, 2.05) is 36.0 Å². The van der Waals surface area contributed by atoms with E-state index < -0.39 is 0 Å². The van der Waals surface area contributed by atoms with Crippen LogP contribution >= 0.6 is 0 Å². The van der Waals surface area contributed by atoms with Crippen LogP contribution in [0, 0.1) is 5.82 Å². The van der Waals surface area contributed by atoms with Crippen molar-refractivity contribution in [1.82, 2.24) is 9.80 Å². The molecule has 19 heavy (non-hydrogen) atoms. The number of carbonyl (C=O) groups excluding carboxylic acids is 1. The summed E-state index contributed by atoms with van der Waals surface area (Å²) in [6.45, 7) is 1.90. The fourth-order valence-electron chi connectivity index (χ4n) is 2.62. The second-order valence-electron chi connectivity index (χ2n) is 5.41. The number of likely N-dealkylation sites (N-methyl/N-ethyl adjacent to an activating group) is 1. The lowest BCUT2D eigenvalue weighted by atomic mass is 9.89. The van der Waals surface area contributed by atoms with E-state index in [0.29, 0.717) is 6.54 Å². The van der Waals surface area contributed by atoms with Crippen molar-refractivity contribution in [3.05, 3.63) is 35.6 Å². The van der Waals surface area contributed by atoms with Gasteiger partial charge in [0.2, 0.25) is 5.91 Å². The molecule has 1 aliphatic rings. The molecule has 0 N–H and O–H groups in total. The van der Waals surface area contributed by atoms with E-state index in [0.717, 1.165) is 31.5 Å². The van der Waals surface area contributed by atoms with Crippen molar-refractivity contribution < 1.29 is 9.18 Å². The zero-order valence-corrected chi connectivity index (χ0v) is 11.6. The monoisotopic (exact) mass is 264 g/mol. The van der Waals surface area contributed by atoms with Gasteiger partial charge in [-0.1, -0.05) is 18.2 Å². The molecule has 1 aromatic carbocycles. The van der Waals surface area contributed by atoms with Crippen LogP contribution in [0.5, 0.6) is 0 Å². The molecule has 0 spiro atoms. The van der Waals surface area contributed by atoms with Crippen molar-refractivity contribution in [2.75, 3.05) is 33.7 Å². The highest BCUT2D eigenvalue weighted by Crippen LogP contribution is 2.29. The number of hydrogen-bond acceptors (Lipinski definition) is 2. The molecule has 4 heteroatoms. The first kappa shape index (κ1) is 14.0. The van der Waals surface area contributed by atoms with E-state index >= 15 is 0 Å². The highest BCUT2D eigenvalue weighted by molar-refractivity contribution is 5.78. The summed E-state index contributed by atoms with van der Waals surface area (Å²) in [6.07, 6.45) is 1.69. The Bertz CT molecular complexity index is 440. The van der Waals surface area contributed by atoms with Crippen LogP contribution in [0.25, 0.3) is 0 Å². The first-order chi connectivity index (χ1) is 9.08. The van der Waals surface area contributed by atoms with Crippen molar-refractivity contribution >= 4 is 5.91 Å². The molecule has 1 amide bonds. The second kappa shape index (κ2) is 6.15. The zero-order valence-electron chi connectivity index (χ0n) is 11.6. The van der Waals surface area contributed by atoms with Gasteiger partial charge in [-0.3, -0.25) is 4.79 Å². The first-order valence-corrected chi connectivity index (χ1v) is 6.75. The molecule has 0 bridgehead atoms. The van der Waals surface area contributed by atoms with Crippen LogP contribution in [0.4, 0.5) is 4.39 Å². The van der Waals surface area contributed by atoms with E-state index in [1.54, 1.807) is 6.07 Å². The van der Waals surface area contributed by atoms with Gasteiger partial charge in [-0.25, -0.2) is 4.39 Å². The molecule has 1 aliphatic heterocycles. The van der Waals surface area contributed by atoms with E-state index in [9.17, 15) is 9.18 Å². The fraction of sp³-hybridized carbons (Fsp3) is 0.533. The highest BCUT2D eigenvalue weighted by Gasteiger charge is 2.25. The maximum atomic E-state index is 13.7. The third kappa shape index (κ3) is 3.53. The molecule has 1 heterocycles. The lowest BCUT2D eigenvalue weighted by Crippen LogP contribution is -2.42. The largest absolute Gasteiger partial charge is 0.342 e. The van der Waals surface area contributed by atoms with Crippen LogP contribution in [0.3, 0.4) is 0 Å². The molecular weight excluding hydrogens is 243 g/mol. The topological polar surface area (TPSA) is 23.6 Å². The van der Waals surface area contributed by atoms with Crippen LogP contribution in [0.2, 0.25) is 0 Å². The summed E-state index contributed by atoms with van der Waals surface area (Å²) in [5, 5.41) is 0. The molecule has 0 aliphatic carbocycles. The van der Waals surface area contributed by atoms with Crippen LogP contribution in [0.1, 0.15) is 24.3 Å². The molecule has 3 nitrogen and oxygen atoms in total. The van der Waals surface area contributed by atoms with Crippen molar-refractivity contribution in [2.45, 2.75) is 18.8 Å². The molecule has 1 saturated heterocycles. The lowest BCUT2D eigenvalue weighted by molar-refractivity contribution is -0.132. The molecule has 1 fully saturated rings. The quantitative estimate of drug-likeness (QED) is 0.834. The molecule has 0 unspecified atom stereocenters. The third-order valence-corrected chi connectivity index (χ3v) is 3.64. The fourth-order valence-corrected chi connectivity index (χ4v) is 2.62. The lowest BCUT2D eigenvalue weighted by Gasteiger charge is -2.33.